The Kier molecular flexibility index (Phi) is 7.12. The summed E-state index contributed by atoms with van der Waals surface area (Å²) in [6, 6.07) is 17.8. The summed E-state index contributed by atoms with van der Waals surface area (Å²) in [5.74, 6) is -2.48. The lowest BCUT2D eigenvalue weighted by molar-refractivity contribution is -0.151. The number of anilines is 1. The predicted molar refractivity (Wildman–Crippen MR) is 134 cm³/mol. The van der Waals surface area contributed by atoms with Gasteiger partial charge in [0.15, 0.2) is 6.61 Å². The minimum absolute atomic E-state index is 0.0672. The van der Waals surface area contributed by atoms with Gasteiger partial charge in [-0.2, -0.15) is 0 Å². The van der Waals surface area contributed by atoms with E-state index in [1.807, 2.05) is 26.0 Å². The molecule has 0 unspecified atom stereocenters. The number of hydrogen-bond donors (Lipinski definition) is 1. The summed E-state index contributed by atoms with van der Waals surface area (Å²) < 4.78 is 6.23. The zero-order valence-corrected chi connectivity index (χ0v) is 20.8. The molecule has 0 radical (unpaired) electrons. The molecule has 3 amide bonds. The first-order valence-electron chi connectivity index (χ1n) is 11.0. The summed E-state index contributed by atoms with van der Waals surface area (Å²) >= 11 is 3.45. The summed E-state index contributed by atoms with van der Waals surface area (Å²) in [4.78, 5) is 52.7. The van der Waals surface area contributed by atoms with E-state index in [2.05, 4.69) is 21.2 Å². The van der Waals surface area contributed by atoms with Crippen LogP contribution in [-0.2, 0) is 20.7 Å². The largest absolute Gasteiger partial charge is 0.454 e. The number of benzene rings is 3. The van der Waals surface area contributed by atoms with Crippen LogP contribution in [-0.4, -0.2) is 41.2 Å². The van der Waals surface area contributed by atoms with Crippen molar-refractivity contribution in [3.05, 3.63) is 99.0 Å². The van der Waals surface area contributed by atoms with Crippen LogP contribution in [0.15, 0.2) is 71.2 Å². The molecule has 0 fully saturated rings. The Hall–Kier alpha value is -3.78. The second-order valence-electron chi connectivity index (χ2n) is 8.23. The molecule has 0 saturated carbocycles. The third-order valence-corrected chi connectivity index (χ3v) is 6.88. The van der Waals surface area contributed by atoms with Crippen LogP contribution in [0.5, 0.6) is 0 Å². The summed E-state index contributed by atoms with van der Waals surface area (Å²) in [7, 11) is 0. The number of esters is 1. The molecule has 8 heteroatoms. The van der Waals surface area contributed by atoms with E-state index in [0.29, 0.717) is 5.69 Å². The smallest absolute Gasteiger partial charge is 0.330 e. The molecule has 1 atom stereocenters. The quantitative estimate of drug-likeness (QED) is 0.357. The van der Waals surface area contributed by atoms with Crippen molar-refractivity contribution in [3.63, 3.8) is 0 Å². The van der Waals surface area contributed by atoms with E-state index < -0.39 is 36.3 Å². The van der Waals surface area contributed by atoms with Gasteiger partial charge in [-0.3, -0.25) is 19.3 Å². The number of carbonyl (C=O) groups is 4. The first-order valence-corrected chi connectivity index (χ1v) is 11.8. The Balaban J connectivity index is 1.51. The number of carbonyl (C=O) groups excluding carboxylic acids is 4. The number of amides is 3. The highest BCUT2D eigenvalue weighted by Gasteiger charge is 2.43. The highest BCUT2D eigenvalue weighted by Crippen LogP contribution is 2.27. The number of imide groups is 1. The van der Waals surface area contributed by atoms with Crippen molar-refractivity contribution in [1.29, 1.82) is 0 Å². The van der Waals surface area contributed by atoms with Gasteiger partial charge in [0, 0.05) is 16.6 Å². The molecule has 178 valence electrons. The van der Waals surface area contributed by atoms with Gasteiger partial charge < -0.3 is 10.1 Å². The minimum atomic E-state index is -1.21. The first kappa shape index (κ1) is 24.3. The van der Waals surface area contributed by atoms with Gasteiger partial charge >= 0.3 is 5.97 Å². The number of ether oxygens (including phenoxy) is 1. The Labute approximate surface area is 211 Å². The lowest BCUT2D eigenvalue weighted by Gasteiger charge is -2.24. The summed E-state index contributed by atoms with van der Waals surface area (Å²) in [5, 5.41) is 2.74. The number of nitrogens with zero attached hydrogens (tertiary/aromatic N) is 1. The number of rotatable bonds is 7. The average Bonchev–Trinajstić information content (AvgIpc) is 3.12. The van der Waals surface area contributed by atoms with E-state index >= 15 is 0 Å². The molecular formula is C27H23BrN2O5. The average molecular weight is 535 g/mol. The molecule has 3 aromatic rings. The SMILES string of the molecule is Cc1c(Br)ccc(NC(=O)COC(=O)[C@@H](Cc2ccccc2)N2C(=O)c3ccccc3C2=O)c1C. The number of hydrogen-bond acceptors (Lipinski definition) is 5. The molecule has 0 aliphatic carbocycles. The Morgan fingerprint density at radius 3 is 2.11 bits per heavy atom. The van der Waals surface area contributed by atoms with E-state index in [1.165, 1.54) is 0 Å². The van der Waals surface area contributed by atoms with Crippen LogP contribution in [0.2, 0.25) is 0 Å². The van der Waals surface area contributed by atoms with Crippen molar-refractivity contribution in [2.24, 2.45) is 0 Å². The predicted octanol–water partition coefficient (Wildman–Crippen LogP) is 4.46. The summed E-state index contributed by atoms with van der Waals surface area (Å²) in [6.45, 7) is 3.24. The summed E-state index contributed by atoms with van der Waals surface area (Å²) in [5.41, 5.74) is 3.69. The van der Waals surface area contributed by atoms with Gasteiger partial charge in [-0.25, -0.2) is 4.79 Å². The van der Waals surface area contributed by atoms with Gasteiger partial charge in [0.2, 0.25) is 0 Å². The normalized spacial score (nSPS) is 13.4. The molecule has 1 aliphatic rings. The third kappa shape index (κ3) is 5.02. The number of nitrogens with one attached hydrogen (secondary N) is 1. The monoisotopic (exact) mass is 534 g/mol. The van der Waals surface area contributed by atoms with E-state index in [1.54, 1.807) is 54.6 Å². The van der Waals surface area contributed by atoms with Crippen molar-refractivity contribution < 1.29 is 23.9 Å². The van der Waals surface area contributed by atoms with Crippen molar-refractivity contribution in [1.82, 2.24) is 4.90 Å². The first-order chi connectivity index (χ1) is 16.8. The molecule has 4 rings (SSSR count). The second kappa shape index (κ2) is 10.2. The van der Waals surface area contributed by atoms with Crippen LogP contribution in [0.3, 0.4) is 0 Å². The van der Waals surface area contributed by atoms with Crippen LogP contribution in [0.25, 0.3) is 0 Å². The van der Waals surface area contributed by atoms with Gasteiger partial charge in [-0.1, -0.05) is 58.4 Å². The lowest BCUT2D eigenvalue weighted by Crippen LogP contribution is -2.47. The molecule has 0 saturated heterocycles. The molecule has 3 aromatic carbocycles. The van der Waals surface area contributed by atoms with E-state index in [4.69, 9.17) is 4.74 Å². The maximum absolute atomic E-state index is 13.1. The molecule has 0 bridgehead atoms. The number of fused-ring (bicyclic) bond motifs is 1. The summed E-state index contributed by atoms with van der Waals surface area (Å²) in [6.07, 6.45) is 0.0672. The van der Waals surface area contributed by atoms with Crippen molar-refractivity contribution in [3.8, 4) is 0 Å². The van der Waals surface area contributed by atoms with Crippen molar-refractivity contribution in [2.75, 3.05) is 11.9 Å². The van der Waals surface area contributed by atoms with Crippen molar-refractivity contribution >= 4 is 45.3 Å². The highest BCUT2D eigenvalue weighted by molar-refractivity contribution is 9.10. The van der Waals surface area contributed by atoms with Crippen LogP contribution in [0.4, 0.5) is 5.69 Å². The molecule has 1 heterocycles. The molecule has 1 N–H and O–H groups in total. The van der Waals surface area contributed by atoms with E-state index in [9.17, 15) is 19.2 Å². The molecule has 7 nitrogen and oxygen atoms in total. The van der Waals surface area contributed by atoms with Gasteiger partial charge in [0.1, 0.15) is 6.04 Å². The van der Waals surface area contributed by atoms with Gasteiger partial charge in [0.05, 0.1) is 11.1 Å². The molecule has 35 heavy (non-hydrogen) atoms. The zero-order chi connectivity index (χ0) is 25.1. The zero-order valence-electron chi connectivity index (χ0n) is 19.2. The van der Waals surface area contributed by atoms with Gasteiger partial charge in [-0.15, -0.1) is 0 Å². The van der Waals surface area contributed by atoms with E-state index in [-0.39, 0.29) is 17.5 Å². The number of halogens is 1. The van der Waals surface area contributed by atoms with Crippen LogP contribution in [0, 0.1) is 13.8 Å². The van der Waals surface area contributed by atoms with Crippen LogP contribution in [0.1, 0.15) is 37.4 Å². The fourth-order valence-electron chi connectivity index (χ4n) is 3.95. The van der Waals surface area contributed by atoms with Crippen LogP contribution < -0.4 is 5.32 Å². The maximum Gasteiger partial charge on any atom is 0.330 e. The standard InChI is InChI=1S/C27H23BrN2O5/c1-16-17(2)22(13-12-21(16)28)29-24(31)15-35-27(34)23(14-18-8-4-3-5-9-18)30-25(32)19-10-6-7-11-20(19)26(30)33/h3-13,23H,14-15H2,1-2H3,(H,29,31)/t23-/m1/s1. The van der Waals surface area contributed by atoms with E-state index in [0.717, 1.165) is 26.1 Å². The molecular weight excluding hydrogens is 512 g/mol. The topological polar surface area (TPSA) is 92.8 Å². The van der Waals surface area contributed by atoms with Crippen molar-refractivity contribution in [2.45, 2.75) is 26.3 Å². The lowest BCUT2D eigenvalue weighted by atomic mass is 10.0. The highest BCUT2D eigenvalue weighted by atomic mass is 79.9. The Bertz CT molecular complexity index is 1290. The van der Waals surface area contributed by atoms with Crippen LogP contribution >= 0.6 is 15.9 Å². The minimum Gasteiger partial charge on any atom is -0.454 e. The van der Waals surface area contributed by atoms with Gasteiger partial charge in [0.25, 0.3) is 17.7 Å². The fraction of sp³-hybridized carbons (Fsp3) is 0.185. The Morgan fingerprint density at radius 2 is 1.49 bits per heavy atom. The third-order valence-electron chi connectivity index (χ3n) is 6.02. The Morgan fingerprint density at radius 1 is 0.886 bits per heavy atom. The maximum atomic E-state index is 13.1. The molecule has 0 aromatic heterocycles. The molecule has 0 spiro atoms. The van der Waals surface area contributed by atoms with Gasteiger partial charge in [-0.05, 0) is 54.8 Å². The second-order valence-corrected chi connectivity index (χ2v) is 9.09. The fourth-order valence-corrected chi connectivity index (χ4v) is 4.38. The molecule has 1 aliphatic heterocycles.